The van der Waals surface area contributed by atoms with Crippen LogP contribution in [0.4, 0.5) is 5.69 Å². The van der Waals surface area contributed by atoms with Gasteiger partial charge < -0.3 is 16.3 Å². The van der Waals surface area contributed by atoms with Crippen LogP contribution in [-0.2, 0) is 4.79 Å². The number of halogens is 2. The van der Waals surface area contributed by atoms with E-state index in [1.54, 1.807) is 19.9 Å². The highest BCUT2D eigenvalue weighted by atomic mass is 79.9. The zero-order valence-electron chi connectivity index (χ0n) is 11.5. The van der Waals surface area contributed by atoms with Crippen molar-refractivity contribution in [2.24, 2.45) is 16.3 Å². The second-order valence-electron chi connectivity index (χ2n) is 4.71. The fourth-order valence-electron chi connectivity index (χ4n) is 1.57. The zero-order chi connectivity index (χ0) is 15.5. The summed E-state index contributed by atoms with van der Waals surface area (Å²) in [6.07, 6.45) is 0.395. The molecule has 110 valence electrons. The van der Waals surface area contributed by atoms with E-state index in [4.69, 9.17) is 22.5 Å². The van der Waals surface area contributed by atoms with Gasteiger partial charge in [0, 0.05) is 9.50 Å². The number of aryl methyl sites for hydroxylation is 1. The number of hydrogen-bond donors (Lipinski definition) is 3. The summed E-state index contributed by atoms with van der Waals surface area (Å²) in [5.41, 5.74) is 5.95. The first-order valence-electron chi connectivity index (χ1n) is 6.01. The minimum Gasteiger partial charge on any atom is -0.409 e. The summed E-state index contributed by atoms with van der Waals surface area (Å²) in [5.74, 6) is -0.497. The van der Waals surface area contributed by atoms with Crippen LogP contribution in [0.15, 0.2) is 21.8 Å². The predicted octanol–water partition coefficient (Wildman–Crippen LogP) is 3.51. The molecule has 1 aromatic rings. The van der Waals surface area contributed by atoms with Crippen LogP contribution < -0.4 is 11.1 Å². The molecule has 1 aromatic carbocycles. The van der Waals surface area contributed by atoms with E-state index >= 15 is 0 Å². The first kappa shape index (κ1) is 16.8. The quantitative estimate of drug-likeness (QED) is 0.331. The Morgan fingerprint density at radius 2 is 2.20 bits per heavy atom. The third-order valence-electron chi connectivity index (χ3n) is 3.38. The van der Waals surface area contributed by atoms with Gasteiger partial charge in [0.15, 0.2) is 5.84 Å². The van der Waals surface area contributed by atoms with Crippen molar-refractivity contribution in [1.82, 2.24) is 0 Å². The van der Waals surface area contributed by atoms with Gasteiger partial charge in [-0.25, -0.2) is 0 Å². The Morgan fingerprint density at radius 3 is 2.70 bits per heavy atom. The molecule has 0 saturated carbocycles. The summed E-state index contributed by atoms with van der Waals surface area (Å²) in [6, 6.07) is 3.46. The maximum absolute atomic E-state index is 12.4. The van der Waals surface area contributed by atoms with Crippen LogP contribution in [0.1, 0.15) is 25.8 Å². The van der Waals surface area contributed by atoms with Crippen LogP contribution in [0.3, 0.4) is 0 Å². The lowest BCUT2D eigenvalue weighted by Crippen LogP contribution is -2.44. The van der Waals surface area contributed by atoms with Gasteiger partial charge in [-0.15, -0.1) is 0 Å². The molecule has 0 aliphatic carbocycles. The fraction of sp³-hybridized carbons (Fsp3) is 0.385. The summed E-state index contributed by atoms with van der Waals surface area (Å²) in [7, 11) is 0. The lowest BCUT2D eigenvalue weighted by molar-refractivity contribution is -0.121. The van der Waals surface area contributed by atoms with Crippen molar-refractivity contribution >= 4 is 45.0 Å². The molecule has 1 amide bonds. The highest BCUT2D eigenvalue weighted by molar-refractivity contribution is 9.10. The number of nitrogens with one attached hydrogen (secondary N) is 1. The standard InChI is InChI=1S/C13H17BrClN3O2/c1-4-13(3,11(16)18-20)12(19)17-10-6-9(15)7(2)5-8(10)14/h5-6,20H,4H2,1-3H3,(H2,16,18)(H,17,19). The number of carbonyl (C=O) groups excluding carboxylic acids is 1. The van der Waals surface area contributed by atoms with E-state index in [0.717, 1.165) is 5.56 Å². The molecule has 5 nitrogen and oxygen atoms in total. The van der Waals surface area contributed by atoms with Gasteiger partial charge in [-0.3, -0.25) is 4.79 Å². The molecule has 4 N–H and O–H groups in total. The molecular formula is C13H17BrClN3O2. The van der Waals surface area contributed by atoms with Gasteiger partial charge in [0.2, 0.25) is 5.91 Å². The van der Waals surface area contributed by atoms with Crippen LogP contribution in [0.25, 0.3) is 0 Å². The molecule has 0 radical (unpaired) electrons. The topological polar surface area (TPSA) is 87.7 Å². The minimum absolute atomic E-state index is 0.133. The molecule has 0 heterocycles. The van der Waals surface area contributed by atoms with Crippen molar-refractivity contribution in [3.63, 3.8) is 0 Å². The number of amides is 1. The van der Waals surface area contributed by atoms with Crippen LogP contribution in [0.2, 0.25) is 5.02 Å². The Balaban J connectivity index is 3.10. The van der Waals surface area contributed by atoms with E-state index in [1.165, 1.54) is 0 Å². The van der Waals surface area contributed by atoms with E-state index < -0.39 is 5.41 Å². The number of anilines is 1. The summed E-state index contributed by atoms with van der Waals surface area (Å²) in [6.45, 7) is 5.27. The monoisotopic (exact) mass is 361 g/mol. The number of rotatable bonds is 4. The summed E-state index contributed by atoms with van der Waals surface area (Å²) in [5, 5.41) is 15.0. The van der Waals surface area contributed by atoms with Crippen molar-refractivity contribution in [3.8, 4) is 0 Å². The largest absolute Gasteiger partial charge is 0.409 e. The van der Waals surface area contributed by atoms with Crippen molar-refractivity contribution in [3.05, 3.63) is 27.2 Å². The molecule has 0 aliphatic rings. The van der Waals surface area contributed by atoms with Crippen molar-refractivity contribution in [2.45, 2.75) is 27.2 Å². The number of benzene rings is 1. The summed E-state index contributed by atoms with van der Waals surface area (Å²) >= 11 is 9.41. The van der Waals surface area contributed by atoms with Gasteiger partial charge in [-0.2, -0.15) is 0 Å². The molecule has 0 bridgehead atoms. The van der Waals surface area contributed by atoms with Gasteiger partial charge in [-0.05, 0) is 53.9 Å². The molecule has 0 aromatic heterocycles. The normalized spacial score (nSPS) is 14.8. The number of oxime groups is 1. The van der Waals surface area contributed by atoms with E-state index in [9.17, 15) is 4.79 Å². The van der Waals surface area contributed by atoms with E-state index in [-0.39, 0.29) is 11.7 Å². The van der Waals surface area contributed by atoms with Crippen molar-refractivity contribution in [2.75, 3.05) is 5.32 Å². The molecule has 20 heavy (non-hydrogen) atoms. The second kappa shape index (κ2) is 6.45. The molecule has 0 aliphatic heterocycles. The van der Waals surface area contributed by atoms with E-state index in [2.05, 4.69) is 26.4 Å². The zero-order valence-corrected chi connectivity index (χ0v) is 13.8. The van der Waals surface area contributed by atoms with Gasteiger partial charge in [0.25, 0.3) is 0 Å². The highest BCUT2D eigenvalue weighted by Crippen LogP contribution is 2.31. The Labute approximate surface area is 131 Å². The number of nitrogens with zero attached hydrogens (tertiary/aromatic N) is 1. The first-order chi connectivity index (χ1) is 9.26. The number of amidine groups is 1. The van der Waals surface area contributed by atoms with E-state index in [1.807, 2.05) is 13.0 Å². The minimum atomic E-state index is -1.09. The molecule has 0 fully saturated rings. The summed E-state index contributed by atoms with van der Waals surface area (Å²) in [4.78, 5) is 12.4. The first-order valence-corrected chi connectivity index (χ1v) is 7.18. The Kier molecular flexibility index (Phi) is 5.42. The molecule has 0 saturated heterocycles. The third-order valence-corrected chi connectivity index (χ3v) is 4.44. The maximum atomic E-state index is 12.4. The van der Waals surface area contributed by atoms with Crippen LogP contribution in [0.5, 0.6) is 0 Å². The van der Waals surface area contributed by atoms with Crippen molar-refractivity contribution < 1.29 is 10.0 Å². The lowest BCUT2D eigenvalue weighted by atomic mass is 9.85. The molecule has 1 atom stereocenters. The Hall–Kier alpha value is -1.27. The number of hydrogen-bond acceptors (Lipinski definition) is 3. The number of carbonyl (C=O) groups is 1. The molecule has 1 unspecified atom stereocenters. The third kappa shape index (κ3) is 3.24. The smallest absolute Gasteiger partial charge is 0.238 e. The predicted molar refractivity (Wildman–Crippen MR) is 84.3 cm³/mol. The Bertz CT molecular complexity index is 563. The summed E-state index contributed by atoms with van der Waals surface area (Å²) < 4.78 is 0.714. The van der Waals surface area contributed by atoms with Crippen LogP contribution in [0, 0.1) is 12.3 Å². The van der Waals surface area contributed by atoms with E-state index in [0.29, 0.717) is 21.6 Å². The van der Waals surface area contributed by atoms with Crippen LogP contribution in [-0.4, -0.2) is 17.0 Å². The SMILES string of the molecule is CCC(C)(C(=O)Nc1cc(Cl)c(C)cc1Br)/C(N)=N/O. The molecule has 1 rings (SSSR count). The van der Waals surface area contributed by atoms with Gasteiger partial charge >= 0.3 is 0 Å². The second-order valence-corrected chi connectivity index (χ2v) is 5.97. The van der Waals surface area contributed by atoms with Crippen molar-refractivity contribution in [1.29, 1.82) is 0 Å². The maximum Gasteiger partial charge on any atom is 0.238 e. The molecule has 7 heteroatoms. The fourth-order valence-corrected chi connectivity index (χ4v) is 2.29. The molecular weight excluding hydrogens is 346 g/mol. The average Bonchev–Trinajstić information content (AvgIpc) is 2.42. The lowest BCUT2D eigenvalue weighted by Gasteiger charge is -2.25. The average molecular weight is 363 g/mol. The van der Waals surface area contributed by atoms with Gasteiger partial charge in [-0.1, -0.05) is 23.7 Å². The number of nitrogens with two attached hydrogens (primary N) is 1. The Morgan fingerprint density at radius 1 is 1.60 bits per heavy atom. The van der Waals surface area contributed by atoms with Gasteiger partial charge in [0.1, 0.15) is 5.41 Å². The van der Waals surface area contributed by atoms with Crippen LogP contribution >= 0.6 is 27.5 Å². The highest BCUT2D eigenvalue weighted by Gasteiger charge is 2.36. The molecule has 0 spiro atoms. The van der Waals surface area contributed by atoms with Gasteiger partial charge in [0.05, 0.1) is 5.69 Å².